The van der Waals surface area contributed by atoms with Crippen molar-refractivity contribution in [3.05, 3.63) is 58.6 Å². The molecule has 26 heavy (non-hydrogen) atoms. The predicted octanol–water partition coefficient (Wildman–Crippen LogP) is 2.79. The highest BCUT2D eigenvalue weighted by Crippen LogP contribution is 2.27. The van der Waals surface area contributed by atoms with Gasteiger partial charge in [-0.25, -0.2) is 0 Å². The van der Waals surface area contributed by atoms with Crippen LogP contribution in [0.5, 0.6) is 11.5 Å². The molecule has 0 aliphatic rings. The number of hydrogen-bond acceptors (Lipinski definition) is 4. The van der Waals surface area contributed by atoms with Gasteiger partial charge in [0, 0.05) is 6.54 Å². The molecule has 0 bridgehead atoms. The molecule has 0 aromatic heterocycles. The van der Waals surface area contributed by atoms with Gasteiger partial charge in [-0.15, -0.1) is 0 Å². The fourth-order valence-corrected chi connectivity index (χ4v) is 2.68. The smallest absolute Gasteiger partial charge is 0.271 e. The lowest BCUT2D eigenvalue weighted by Gasteiger charge is -2.23. The first-order chi connectivity index (χ1) is 12.5. The van der Waals surface area contributed by atoms with Gasteiger partial charge >= 0.3 is 0 Å². The van der Waals surface area contributed by atoms with Gasteiger partial charge in [0.1, 0.15) is 0 Å². The molecular weight excluding hydrogens is 374 g/mol. The third kappa shape index (κ3) is 5.00. The minimum Gasteiger partial charge on any atom is -0.493 e. The van der Waals surface area contributed by atoms with E-state index < -0.39 is 0 Å². The first-order valence-corrected chi connectivity index (χ1v) is 8.58. The fourth-order valence-electron chi connectivity index (χ4n) is 2.33. The molecule has 2 aromatic rings. The average molecular weight is 394 g/mol. The minimum atomic E-state index is -0.379. The van der Waals surface area contributed by atoms with Crippen molar-refractivity contribution in [1.29, 1.82) is 0 Å². The predicted molar refractivity (Wildman–Crippen MR) is 106 cm³/mol. The van der Waals surface area contributed by atoms with Crippen molar-refractivity contribution in [2.24, 2.45) is 5.73 Å². The first-order valence-electron chi connectivity index (χ1n) is 7.79. The summed E-state index contributed by atoms with van der Waals surface area (Å²) >= 11 is 11.1. The largest absolute Gasteiger partial charge is 0.493 e. The number of amides is 1. The molecule has 0 aliphatic carbocycles. The van der Waals surface area contributed by atoms with E-state index in [1.165, 1.54) is 5.01 Å². The van der Waals surface area contributed by atoms with Crippen molar-refractivity contribution in [3.63, 3.8) is 0 Å². The van der Waals surface area contributed by atoms with E-state index in [1.54, 1.807) is 38.5 Å². The van der Waals surface area contributed by atoms with Crippen molar-refractivity contribution in [1.82, 2.24) is 10.4 Å². The van der Waals surface area contributed by atoms with Crippen LogP contribution in [0.2, 0.25) is 5.02 Å². The van der Waals surface area contributed by atoms with E-state index >= 15 is 0 Å². The lowest BCUT2D eigenvalue weighted by Crippen LogP contribution is -2.49. The molecule has 0 heterocycles. The molecule has 138 valence electrons. The SMILES string of the molecule is COc1ccc(CCN(NC(=O)c2ccccc2Cl)C(N)=S)cc1OC. The number of hydrazine groups is 1. The van der Waals surface area contributed by atoms with Crippen molar-refractivity contribution in [2.75, 3.05) is 20.8 Å². The van der Waals surface area contributed by atoms with Gasteiger partial charge in [0.15, 0.2) is 16.6 Å². The number of rotatable bonds is 6. The van der Waals surface area contributed by atoms with Crippen LogP contribution in [0, 0.1) is 0 Å². The maximum absolute atomic E-state index is 12.4. The van der Waals surface area contributed by atoms with E-state index in [2.05, 4.69) is 5.43 Å². The van der Waals surface area contributed by atoms with Gasteiger partial charge in [-0.05, 0) is 48.5 Å². The molecule has 0 aliphatic heterocycles. The molecule has 6 nitrogen and oxygen atoms in total. The van der Waals surface area contributed by atoms with Gasteiger partial charge in [-0.2, -0.15) is 0 Å². The molecule has 2 aromatic carbocycles. The molecule has 0 atom stereocenters. The Hall–Kier alpha value is -2.51. The Morgan fingerprint density at radius 1 is 1.19 bits per heavy atom. The summed E-state index contributed by atoms with van der Waals surface area (Å²) < 4.78 is 10.5. The first kappa shape index (κ1) is 19.8. The number of methoxy groups -OCH3 is 2. The topological polar surface area (TPSA) is 76.8 Å². The number of benzene rings is 2. The Kier molecular flexibility index (Phi) is 7.06. The molecule has 0 saturated carbocycles. The normalized spacial score (nSPS) is 10.1. The number of ether oxygens (including phenoxy) is 2. The number of hydrogen-bond donors (Lipinski definition) is 2. The molecule has 0 fully saturated rings. The number of nitrogens with one attached hydrogen (secondary N) is 1. The molecule has 0 spiro atoms. The highest BCUT2D eigenvalue weighted by molar-refractivity contribution is 7.80. The summed E-state index contributed by atoms with van der Waals surface area (Å²) in [4.78, 5) is 12.4. The molecule has 0 radical (unpaired) electrons. The third-order valence-corrected chi connectivity index (χ3v) is 4.24. The Morgan fingerprint density at radius 2 is 1.88 bits per heavy atom. The number of carbonyl (C=O) groups excluding carboxylic acids is 1. The monoisotopic (exact) mass is 393 g/mol. The van der Waals surface area contributed by atoms with Crippen molar-refractivity contribution < 1.29 is 14.3 Å². The van der Waals surface area contributed by atoms with Gasteiger partial charge in [-0.1, -0.05) is 29.8 Å². The van der Waals surface area contributed by atoms with E-state index in [9.17, 15) is 4.79 Å². The number of carbonyl (C=O) groups is 1. The summed E-state index contributed by atoms with van der Waals surface area (Å²) in [5, 5.41) is 1.83. The van der Waals surface area contributed by atoms with Gasteiger partial charge < -0.3 is 15.2 Å². The van der Waals surface area contributed by atoms with Crippen LogP contribution in [0.1, 0.15) is 15.9 Å². The highest BCUT2D eigenvalue weighted by atomic mass is 35.5. The molecule has 0 unspecified atom stereocenters. The van der Waals surface area contributed by atoms with Crippen LogP contribution in [0.3, 0.4) is 0 Å². The van der Waals surface area contributed by atoms with Crippen molar-refractivity contribution >= 4 is 34.8 Å². The number of thiocarbonyl (C=S) groups is 1. The summed E-state index contributed by atoms with van der Waals surface area (Å²) in [6.07, 6.45) is 0.584. The second kappa shape index (κ2) is 9.26. The Morgan fingerprint density at radius 3 is 2.50 bits per heavy atom. The van der Waals surface area contributed by atoms with E-state index in [0.29, 0.717) is 35.1 Å². The van der Waals surface area contributed by atoms with E-state index in [1.807, 2.05) is 18.2 Å². The van der Waals surface area contributed by atoms with Crippen LogP contribution in [0.15, 0.2) is 42.5 Å². The van der Waals surface area contributed by atoms with Crippen molar-refractivity contribution in [3.8, 4) is 11.5 Å². The van der Waals surface area contributed by atoms with Crippen LogP contribution in [-0.4, -0.2) is 36.8 Å². The fraction of sp³-hybridized carbons (Fsp3) is 0.222. The third-order valence-electron chi connectivity index (χ3n) is 3.69. The maximum atomic E-state index is 12.4. The molecule has 0 saturated heterocycles. The van der Waals surface area contributed by atoms with Crippen molar-refractivity contribution in [2.45, 2.75) is 6.42 Å². The molecule has 8 heteroatoms. The minimum absolute atomic E-state index is 0.0610. The van der Waals surface area contributed by atoms with Crippen LogP contribution in [-0.2, 0) is 6.42 Å². The van der Waals surface area contributed by atoms with E-state index in [-0.39, 0.29) is 11.0 Å². The van der Waals surface area contributed by atoms with Gasteiger partial charge in [0.2, 0.25) is 0 Å². The van der Waals surface area contributed by atoms with E-state index in [0.717, 1.165) is 5.56 Å². The second-order valence-corrected chi connectivity index (χ2v) is 6.18. The molecular formula is C18H20ClN3O3S. The number of nitrogens with zero attached hydrogens (tertiary/aromatic N) is 1. The quantitative estimate of drug-likeness (QED) is 0.580. The maximum Gasteiger partial charge on any atom is 0.271 e. The number of halogens is 1. The Bertz CT molecular complexity index is 801. The van der Waals surface area contributed by atoms with Crippen LogP contribution < -0.4 is 20.6 Å². The van der Waals surface area contributed by atoms with Crippen LogP contribution in [0.25, 0.3) is 0 Å². The standard InChI is InChI=1S/C18H20ClN3O3S/c1-24-15-8-7-12(11-16(15)25-2)9-10-22(18(20)26)21-17(23)13-5-3-4-6-14(13)19/h3-8,11H,9-10H2,1-2H3,(H2,20,26)(H,21,23). The van der Waals surface area contributed by atoms with Crippen LogP contribution in [0.4, 0.5) is 0 Å². The summed E-state index contributed by atoms with van der Waals surface area (Å²) in [5.74, 6) is 0.900. The summed E-state index contributed by atoms with van der Waals surface area (Å²) in [7, 11) is 3.16. The molecule has 2 rings (SSSR count). The van der Waals surface area contributed by atoms with Crippen LogP contribution >= 0.6 is 23.8 Å². The lowest BCUT2D eigenvalue weighted by molar-refractivity contribution is 0.0872. The molecule has 3 N–H and O–H groups in total. The van der Waals surface area contributed by atoms with Gasteiger partial charge in [0.05, 0.1) is 24.8 Å². The highest BCUT2D eigenvalue weighted by Gasteiger charge is 2.15. The zero-order valence-electron chi connectivity index (χ0n) is 14.5. The van der Waals surface area contributed by atoms with E-state index in [4.69, 9.17) is 39.0 Å². The van der Waals surface area contributed by atoms with Gasteiger partial charge in [0.25, 0.3) is 5.91 Å². The second-order valence-electron chi connectivity index (χ2n) is 5.35. The lowest BCUT2D eigenvalue weighted by atomic mass is 10.1. The zero-order chi connectivity index (χ0) is 19.1. The Labute approximate surface area is 162 Å². The average Bonchev–Trinajstić information content (AvgIpc) is 2.64. The summed E-state index contributed by atoms with van der Waals surface area (Å²) in [6.45, 7) is 0.390. The summed E-state index contributed by atoms with van der Waals surface area (Å²) in [5.41, 5.74) is 9.75. The number of nitrogens with two attached hydrogens (primary N) is 1. The Balaban J connectivity index is 2.06. The zero-order valence-corrected chi connectivity index (χ0v) is 16.1. The van der Waals surface area contributed by atoms with Gasteiger partial charge in [-0.3, -0.25) is 15.2 Å². The molecule has 1 amide bonds. The summed E-state index contributed by atoms with van der Waals surface area (Å²) in [6, 6.07) is 12.4.